The van der Waals surface area contributed by atoms with E-state index >= 15 is 0 Å². The minimum Gasteiger partial charge on any atom is -0.357 e. The Hall–Kier alpha value is -2.35. The highest BCUT2D eigenvalue weighted by molar-refractivity contribution is 7.91. The van der Waals surface area contributed by atoms with Crippen molar-refractivity contribution >= 4 is 38.2 Å². The Kier molecular flexibility index (Phi) is 4.79. The van der Waals surface area contributed by atoms with Crippen molar-refractivity contribution in [2.24, 2.45) is 5.84 Å². The van der Waals surface area contributed by atoms with Gasteiger partial charge in [0.15, 0.2) is 0 Å². The summed E-state index contributed by atoms with van der Waals surface area (Å²) in [4.78, 5) is 15.0. The number of rotatable bonds is 4. The van der Waals surface area contributed by atoms with Crippen molar-refractivity contribution in [1.82, 2.24) is 10.4 Å². The first-order chi connectivity index (χ1) is 12.2. The second kappa shape index (κ2) is 6.75. The van der Waals surface area contributed by atoms with Crippen LogP contribution in [0.2, 0.25) is 5.02 Å². The molecule has 2 aromatic carbocycles. The van der Waals surface area contributed by atoms with Crippen molar-refractivity contribution in [3.8, 4) is 0 Å². The summed E-state index contributed by atoms with van der Waals surface area (Å²) in [5.74, 6) is 4.66. The standard InChI is InChI=1S/C18H18ClN3O3S/c1-10-5-11(2)7-13(6-10)26(24,25)18-14-8-12(19)3-4-15(14)21-16(18)9-17(23)22-20/h3-8,21H,9,20H2,1-2H3,(H,22,23). The van der Waals surface area contributed by atoms with E-state index in [1.807, 2.05) is 25.3 Å². The zero-order valence-electron chi connectivity index (χ0n) is 14.3. The summed E-state index contributed by atoms with van der Waals surface area (Å²) in [6.45, 7) is 3.67. The summed E-state index contributed by atoms with van der Waals surface area (Å²) >= 11 is 6.07. The molecule has 1 amide bonds. The van der Waals surface area contributed by atoms with Crippen LogP contribution in [0.25, 0.3) is 10.9 Å². The van der Waals surface area contributed by atoms with Gasteiger partial charge in [-0.15, -0.1) is 0 Å². The molecule has 1 aromatic heterocycles. The molecule has 26 heavy (non-hydrogen) atoms. The molecule has 6 nitrogen and oxygen atoms in total. The molecule has 1 heterocycles. The molecule has 0 aliphatic carbocycles. The molecule has 8 heteroatoms. The van der Waals surface area contributed by atoms with E-state index in [0.717, 1.165) is 11.1 Å². The Labute approximate surface area is 156 Å². The molecule has 0 aliphatic rings. The fourth-order valence-electron chi connectivity index (χ4n) is 3.04. The quantitative estimate of drug-likeness (QED) is 0.361. The second-order valence-electron chi connectivity index (χ2n) is 6.19. The van der Waals surface area contributed by atoms with Gasteiger partial charge in [-0.25, -0.2) is 14.3 Å². The number of sulfone groups is 1. The van der Waals surface area contributed by atoms with Crippen LogP contribution in [0.5, 0.6) is 0 Å². The number of nitrogens with two attached hydrogens (primary N) is 1. The first kappa shape index (κ1) is 18.4. The van der Waals surface area contributed by atoms with Crippen LogP contribution in [-0.2, 0) is 21.1 Å². The Balaban J connectivity index is 2.31. The Bertz CT molecular complexity index is 1100. The highest BCUT2D eigenvalue weighted by Gasteiger charge is 2.27. The van der Waals surface area contributed by atoms with E-state index in [-0.39, 0.29) is 21.9 Å². The van der Waals surface area contributed by atoms with Crippen LogP contribution in [0.1, 0.15) is 16.8 Å². The number of nitrogens with one attached hydrogen (secondary N) is 2. The summed E-state index contributed by atoms with van der Waals surface area (Å²) < 4.78 is 26.8. The molecule has 0 saturated carbocycles. The van der Waals surface area contributed by atoms with Gasteiger partial charge in [-0.05, 0) is 55.3 Å². The van der Waals surface area contributed by atoms with Crippen LogP contribution < -0.4 is 11.3 Å². The van der Waals surface area contributed by atoms with Gasteiger partial charge in [-0.2, -0.15) is 0 Å². The molecule has 4 N–H and O–H groups in total. The molecule has 0 aliphatic heterocycles. The molecule has 0 saturated heterocycles. The summed E-state index contributed by atoms with van der Waals surface area (Å²) in [6.07, 6.45) is -0.192. The Morgan fingerprint density at radius 3 is 2.42 bits per heavy atom. The average Bonchev–Trinajstić information content (AvgIpc) is 2.91. The molecule has 3 rings (SSSR count). The molecule has 0 bridgehead atoms. The lowest BCUT2D eigenvalue weighted by molar-refractivity contribution is -0.120. The van der Waals surface area contributed by atoms with E-state index in [1.54, 1.807) is 30.3 Å². The lowest BCUT2D eigenvalue weighted by Gasteiger charge is -2.09. The van der Waals surface area contributed by atoms with Gasteiger partial charge in [-0.1, -0.05) is 17.7 Å². The van der Waals surface area contributed by atoms with Crippen LogP contribution in [-0.4, -0.2) is 19.3 Å². The van der Waals surface area contributed by atoms with E-state index < -0.39 is 15.7 Å². The fourth-order valence-corrected chi connectivity index (χ4v) is 5.04. The normalized spacial score (nSPS) is 11.7. The molecular weight excluding hydrogens is 374 g/mol. The molecule has 3 aromatic rings. The second-order valence-corrected chi connectivity index (χ2v) is 8.52. The van der Waals surface area contributed by atoms with Crippen LogP contribution in [0.3, 0.4) is 0 Å². The molecule has 0 atom stereocenters. The van der Waals surface area contributed by atoms with Gasteiger partial charge in [-0.3, -0.25) is 10.2 Å². The number of hydrogen-bond acceptors (Lipinski definition) is 4. The number of aryl methyl sites for hydroxylation is 2. The molecule has 0 unspecified atom stereocenters. The van der Waals surface area contributed by atoms with Crippen molar-refractivity contribution in [2.45, 2.75) is 30.1 Å². The van der Waals surface area contributed by atoms with Gasteiger partial charge < -0.3 is 4.98 Å². The van der Waals surface area contributed by atoms with Crippen LogP contribution in [0, 0.1) is 13.8 Å². The number of halogens is 1. The minimum absolute atomic E-state index is 0.0450. The monoisotopic (exact) mass is 391 g/mol. The summed E-state index contributed by atoms with van der Waals surface area (Å²) in [6, 6.07) is 10.0. The largest absolute Gasteiger partial charge is 0.357 e. The van der Waals surface area contributed by atoms with E-state index in [4.69, 9.17) is 17.4 Å². The van der Waals surface area contributed by atoms with E-state index in [1.165, 1.54) is 0 Å². The van der Waals surface area contributed by atoms with Crippen molar-refractivity contribution in [3.63, 3.8) is 0 Å². The number of hydrazine groups is 1. The average molecular weight is 392 g/mol. The zero-order chi connectivity index (χ0) is 19.1. The highest BCUT2D eigenvalue weighted by atomic mass is 35.5. The van der Waals surface area contributed by atoms with Crippen molar-refractivity contribution in [2.75, 3.05) is 0 Å². The maximum Gasteiger partial charge on any atom is 0.239 e. The van der Waals surface area contributed by atoms with Crippen LogP contribution in [0.15, 0.2) is 46.2 Å². The number of fused-ring (bicyclic) bond motifs is 1. The lowest BCUT2D eigenvalue weighted by Crippen LogP contribution is -2.31. The Morgan fingerprint density at radius 1 is 1.15 bits per heavy atom. The predicted octanol–water partition coefficient (Wildman–Crippen LogP) is 2.80. The maximum atomic E-state index is 13.4. The van der Waals surface area contributed by atoms with Gasteiger partial charge in [0.1, 0.15) is 4.90 Å². The first-order valence-electron chi connectivity index (χ1n) is 7.85. The number of carbonyl (C=O) groups is 1. The summed E-state index contributed by atoms with van der Waals surface area (Å²) in [5, 5.41) is 0.847. The van der Waals surface area contributed by atoms with E-state index in [9.17, 15) is 13.2 Å². The van der Waals surface area contributed by atoms with Gasteiger partial charge in [0.25, 0.3) is 0 Å². The topological polar surface area (TPSA) is 105 Å². The summed E-state index contributed by atoms with van der Waals surface area (Å²) in [7, 11) is -3.88. The third kappa shape index (κ3) is 3.33. The number of H-pyrrole nitrogens is 1. The Morgan fingerprint density at radius 2 is 1.81 bits per heavy atom. The SMILES string of the molecule is Cc1cc(C)cc(S(=O)(=O)c2c(CC(=O)NN)[nH]c3ccc(Cl)cc23)c1. The van der Waals surface area contributed by atoms with Crippen molar-refractivity contribution in [3.05, 3.63) is 58.2 Å². The smallest absolute Gasteiger partial charge is 0.239 e. The predicted molar refractivity (Wildman–Crippen MR) is 101 cm³/mol. The highest BCUT2D eigenvalue weighted by Crippen LogP contribution is 2.34. The van der Waals surface area contributed by atoms with E-state index in [0.29, 0.717) is 15.9 Å². The van der Waals surface area contributed by atoms with Gasteiger partial charge >= 0.3 is 0 Å². The van der Waals surface area contributed by atoms with Crippen molar-refractivity contribution < 1.29 is 13.2 Å². The molecule has 0 spiro atoms. The molecule has 136 valence electrons. The van der Waals surface area contributed by atoms with Crippen molar-refractivity contribution in [1.29, 1.82) is 0 Å². The minimum atomic E-state index is -3.88. The summed E-state index contributed by atoms with van der Waals surface area (Å²) in [5.41, 5.74) is 4.55. The molecule has 0 radical (unpaired) electrons. The maximum absolute atomic E-state index is 13.4. The number of aromatic nitrogens is 1. The number of aromatic amines is 1. The van der Waals surface area contributed by atoms with Gasteiger partial charge in [0, 0.05) is 21.6 Å². The lowest BCUT2D eigenvalue weighted by atomic mass is 10.2. The van der Waals surface area contributed by atoms with Gasteiger partial charge in [0.05, 0.1) is 11.3 Å². The number of carbonyl (C=O) groups excluding carboxylic acids is 1. The third-order valence-electron chi connectivity index (χ3n) is 4.06. The molecular formula is C18H18ClN3O3S. The number of benzene rings is 2. The fraction of sp³-hybridized carbons (Fsp3) is 0.167. The first-order valence-corrected chi connectivity index (χ1v) is 9.71. The van der Waals surface area contributed by atoms with Crippen LogP contribution in [0.4, 0.5) is 0 Å². The van der Waals surface area contributed by atoms with Crippen LogP contribution >= 0.6 is 11.6 Å². The van der Waals surface area contributed by atoms with E-state index in [2.05, 4.69) is 4.98 Å². The zero-order valence-corrected chi connectivity index (χ0v) is 15.8. The molecule has 0 fully saturated rings. The van der Waals surface area contributed by atoms with Gasteiger partial charge in [0.2, 0.25) is 15.7 Å². The number of hydrogen-bond donors (Lipinski definition) is 3. The number of amides is 1. The third-order valence-corrected chi connectivity index (χ3v) is 6.15.